The lowest BCUT2D eigenvalue weighted by Crippen LogP contribution is -2.49. The van der Waals surface area contributed by atoms with Crippen molar-refractivity contribution in [2.24, 2.45) is 11.8 Å². The van der Waals surface area contributed by atoms with E-state index in [-0.39, 0.29) is 28.9 Å². The molecule has 0 bridgehead atoms. The van der Waals surface area contributed by atoms with E-state index in [1.807, 2.05) is 12.2 Å². The summed E-state index contributed by atoms with van der Waals surface area (Å²) in [4.78, 5) is 39.7. The molecule has 0 unspecified atom stereocenters. The molecule has 1 fully saturated rings. The maximum atomic E-state index is 13.4. The zero-order valence-corrected chi connectivity index (χ0v) is 18.0. The molecular weight excluding hydrogens is 447 g/mol. The molecule has 1 aliphatic carbocycles. The minimum absolute atomic E-state index is 0.0364. The third-order valence-electron chi connectivity index (χ3n) is 5.38. The average molecular weight is 464 g/mol. The normalized spacial score (nSPS) is 20.4. The number of imide groups is 1. The first-order valence-corrected chi connectivity index (χ1v) is 10.5. The number of amides is 3. The monoisotopic (exact) mass is 462 g/mol. The number of halogens is 3. The summed E-state index contributed by atoms with van der Waals surface area (Å²) < 4.78 is 0. The zero-order chi connectivity index (χ0) is 21.4. The van der Waals surface area contributed by atoms with Crippen molar-refractivity contribution in [2.75, 3.05) is 0 Å². The van der Waals surface area contributed by atoms with E-state index in [2.05, 4.69) is 0 Å². The van der Waals surface area contributed by atoms with Gasteiger partial charge in [0.05, 0.1) is 39.0 Å². The van der Waals surface area contributed by atoms with E-state index in [9.17, 15) is 14.4 Å². The molecule has 154 valence electrons. The summed E-state index contributed by atoms with van der Waals surface area (Å²) in [5, 5.41) is 3.06. The number of hydrogen-bond donors (Lipinski definition) is 0. The number of carbonyl (C=O) groups is 3. The first kappa shape index (κ1) is 20.9. The lowest BCUT2D eigenvalue weighted by Gasteiger charge is -2.31. The van der Waals surface area contributed by atoms with Gasteiger partial charge in [-0.05, 0) is 42.7 Å². The number of allylic oxidation sites excluding steroid dienone is 2. The molecule has 4 rings (SSSR count). The molecule has 3 amide bonds. The van der Waals surface area contributed by atoms with Crippen LogP contribution in [0.3, 0.4) is 0 Å². The third kappa shape index (κ3) is 3.73. The number of benzene rings is 2. The highest BCUT2D eigenvalue weighted by Gasteiger charge is 2.50. The Hall–Kier alpha value is -2.34. The van der Waals surface area contributed by atoms with Crippen molar-refractivity contribution in [2.45, 2.75) is 19.4 Å². The molecule has 0 radical (unpaired) electrons. The molecule has 2 aliphatic rings. The number of hydrazine groups is 1. The van der Waals surface area contributed by atoms with Gasteiger partial charge in [0.2, 0.25) is 0 Å². The van der Waals surface area contributed by atoms with Gasteiger partial charge in [-0.25, -0.2) is 5.01 Å². The second-order valence-corrected chi connectivity index (χ2v) is 8.46. The molecule has 0 saturated carbocycles. The SMILES string of the molecule is O=C(c1ccccc1Cl)N(Cc1ccc(Cl)c(Cl)c1)N1C(=O)[C@H]2CC=CC[C@@H]2C1=O. The largest absolute Gasteiger partial charge is 0.274 e. The van der Waals surface area contributed by atoms with Crippen LogP contribution in [-0.2, 0) is 16.1 Å². The Morgan fingerprint density at radius 2 is 1.53 bits per heavy atom. The molecule has 30 heavy (non-hydrogen) atoms. The zero-order valence-electron chi connectivity index (χ0n) is 15.7. The van der Waals surface area contributed by atoms with E-state index in [4.69, 9.17) is 34.8 Å². The maximum absolute atomic E-state index is 13.4. The summed E-state index contributed by atoms with van der Waals surface area (Å²) in [7, 11) is 0. The Balaban J connectivity index is 1.74. The van der Waals surface area contributed by atoms with E-state index in [1.54, 1.807) is 42.5 Å². The molecule has 0 spiro atoms. The molecule has 1 aliphatic heterocycles. The van der Waals surface area contributed by atoms with E-state index >= 15 is 0 Å². The molecule has 2 aromatic rings. The average Bonchev–Trinajstić information content (AvgIpc) is 2.99. The van der Waals surface area contributed by atoms with Crippen molar-refractivity contribution in [3.63, 3.8) is 0 Å². The van der Waals surface area contributed by atoms with Crippen molar-refractivity contribution < 1.29 is 14.4 Å². The van der Waals surface area contributed by atoms with Gasteiger partial charge in [0.15, 0.2) is 0 Å². The lowest BCUT2D eigenvalue weighted by atomic mass is 9.85. The maximum Gasteiger partial charge on any atom is 0.274 e. The van der Waals surface area contributed by atoms with Crippen molar-refractivity contribution in [3.05, 3.63) is 80.8 Å². The minimum Gasteiger partial charge on any atom is -0.272 e. The van der Waals surface area contributed by atoms with Gasteiger partial charge < -0.3 is 0 Å². The fourth-order valence-corrected chi connectivity index (χ4v) is 4.38. The van der Waals surface area contributed by atoms with Gasteiger partial charge in [-0.1, -0.05) is 65.2 Å². The number of carbonyl (C=O) groups excluding carboxylic acids is 3. The van der Waals surface area contributed by atoms with E-state index < -0.39 is 17.7 Å². The molecule has 1 heterocycles. The highest BCUT2D eigenvalue weighted by molar-refractivity contribution is 6.42. The van der Waals surface area contributed by atoms with Gasteiger partial charge in [0, 0.05) is 0 Å². The van der Waals surface area contributed by atoms with Gasteiger partial charge in [-0.15, -0.1) is 0 Å². The Bertz CT molecular complexity index is 1040. The highest BCUT2D eigenvalue weighted by atomic mass is 35.5. The summed E-state index contributed by atoms with van der Waals surface area (Å²) in [6, 6.07) is 11.4. The highest BCUT2D eigenvalue weighted by Crippen LogP contribution is 2.37. The summed E-state index contributed by atoms with van der Waals surface area (Å²) in [5.41, 5.74) is 0.825. The quantitative estimate of drug-likeness (QED) is 0.465. The van der Waals surface area contributed by atoms with Crippen LogP contribution in [0.5, 0.6) is 0 Å². The first-order chi connectivity index (χ1) is 14.4. The van der Waals surface area contributed by atoms with Crippen LogP contribution in [0.15, 0.2) is 54.6 Å². The van der Waals surface area contributed by atoms with Crippen LogP contribution in [0, 0.1) is 11.8 Å². The van der Waals surface area contributed by atoms with Crippen molar-refractivity contribution in [1.82, 2.24) is 10.0 Å². The van der Waals surface area contributed by atoms with Crippen LogP contribution in [0.1, 0.15) is 28.8 Å². The molecule has 0 N–H and O–H groups in total. The minimum atomic E-state index is -0.542. The van der Waals surface area contributed by atoms with Crippen LogP contribution in [0.2, 0.25) is 15.1 Å². The second-order valence-electron chi connectivity index (χ2n) is 7.24. The van der Waals surface area contributed by atoms with Gasteiger partial charge in [0.1, 0.15) is 0 Å². The Morgan fingerprint density at radius 1 is 0.900 bits per heavy atom. The van der Waals surface area contributed by atoms with Gasteiger partial charge in [-0.2, -0.15) is 5.01 Å². The van der Waals surface area contributed by atoms with Crippen LogP contribution in [-0.4, -0.2) is 27.7 Å². The topological polar surface area (TPSA) is 57.7 Å². The lowest BCUT2D eigenvalue weighted by molar-refractivity contribution is -0.155. The van der Waals surface area contributed by atoms with Crippen LogP contribution in [0.25, 0.3) is 0 Å². The van der Waals surface area contributed by atoms with Crippen molar-refractivity contribution in [3.8, 4) is 0 Å². The van der Waals surface area contributed by atoms with Crippen molar-refractivity contribution in [1.29, 1.82) is 0 Å². The van der Waals surface area contributed by atoms with E-state index in [0.29, 0.717) is 28.5 Å². The second kappa shape index (κ2) is 8.42. The molecule has 2 atom stereocenters. The Labute approximate surface area is 188 Å². The first-order valence-electron chi connectivity index (χ1n) is 9.41. The predicted molar refractivity (Wildman–Crippen MR) is 115 cm³/mol. The van der Waals surface area contributed by atoms with Gasteiger partial charge >= 0.3 is 0 Å². The fraction of sp³-hybridized carbons (Fsp3) is 0.227. The van der Waals surface area contributed by atoms with Crippen LogP contribution in [0.4, 0.5) is 0 Å². The van der Waals surface area contributed by atoms with Gasteiger partial charge in [-0.3, -0.25) is 14.4 Å². The molecular formula is C22H17Cl3N2O3. The summed E-state index contributed by atoms with van der Waals surface area (Å²) in [6.07, 6.45) is 4.75. The number of nitrogens with zero attached hydrogens (tertiary/aromatic N) is 2. The Kier molecular flexibility index (Phi) is 5.87. The molecule has 5 nitrogen and oxygen atoms in total. The smallest absolute Gasteiger partial charge is 0.272 e. The summed E-state index contributed by atoms with van der Waals surface area (Å²) in [6.45, 7) is -0.0364. The van der Waals surface area contributed by atoms with Gasteiger partial charge in [0.25, 0.3) is 17.7 Å². The Morgan fingerprint density at radius 3 is 2.13 bits per heavy atom. The van der Waals surface area contributed by atoms with Crippen molar-refractivity contribution >= 4 is 52.5 Å². The predicted octanol–water partition coefficient (Wildman–Crippen LogP) is 5.16. The summed E-state index contributed by atoms with van der Waals surface area (Å²) in [5.74, 6) is -2.22. The van der Waals surface area contributed by atoms with E-state index in [1.165, 1.54) is 0 Å². The number of fused-ring (bicyclic) bond motifs is 1. The van der Waals surface area contributed by atoms with Crippen LogP contribution >= 0.6 is 34.8 Å². The summed E-state index contributed by atoms with van der Waals surface area (Å²) >= 11 is 18.3. The van der Waals surface area contributed by atoms with Crippen LogP contribution < -0.4 is 0 Å². The molecule has 2 aromatic carbocycles. The molecule has 1 saturated heterocycles. The number of rotatable bonds is 4. The third-order valence-corrected chi connectivity index (χ3v) is 6.45. The molecule has 8 heteroatoms. The van der Waals surface area contributed by atoms with E-state index in [0.717, 1.165) is 10.0 Å². The molecule has 0 aromatic heterocycles. The number of hydrogen-bond acceptors (Lipinski definition) is 3. The standard InChI is InChI=1S/C22H17Cl3N2O3/c23-17-8-4-3-7-16(17)20(28)26(12-13-9-10-18(24)19(25)11-13)27-21(29)14-5-1-2-6-15(14)22(27)30/h1-4,7-11,14-15H,5-6,12H2/t14-,15-/m0/s1. The fourth-order valence-electron chi connectivity index (χ4n) is 3.84.